The number of anilines is 1. The number of hydrogen-bond donors (Lipinski definition) is 1. The van der Waals surface area contributed by atoms with Crippen LogP contribution in [0.15, 0.2) is 12.1 Å². The molecule has 0 bridgehead atoms. The first-order chi connectivity index (χ1) is 9.08. The van der Waals surface area contributed by atoms with E-state index in [2.05, 4.69) is 5.10 Å². The van der Waals surface area contributed by atoms with Crippen LogP contribution in [-0.2, 0) is 17.8 Å². The van der Waals surface area contributed by atoms with Crippen molar-refractivity contribution in [1.82, 2.24) is 9.78 Å². The molecule has 1 aromatic carbocycles. The van der Waals surface area contributed by atoms with Crippen molar-refractivity contribution >= 4 is 5.82 Å². The Bertz CT molecular complexity index is 654. The molecule has 0 unspecified atom stereocenters. The molecule has 4 nitrogen and oxygen atoms in total. The van der Waals surface area contributed by atoms with Crippen LogP contribution in [0.4, 0.5) is 19.0 Å². The highest BCUT2D eigenvalue weighted by Crippen LogP contribution is 2.27. The predicted octanol–water partition coefficient (Wildman–Crippen LogP) is 1.94. The van der Waals surface area contributed by atoms with Gasteiger partial charge in [0.05, 0.1) is 18.9 Å². The first-order valence-corrected chi connectivity index (χ1v) is 5.67. The summed E-state index contributed by atoms with van der Waals surface area (Å²) in [5.41, 5.74) is 6.88. The summed E-state index contributed by atoms with van der Waals surface area (Å²) < 4.78 is 46.4. The van der Waals surface area contributed by atoms with Crippen LogP contribution in [0.1, 0.15) is 11.3 Å². The van der Waals surface area contributed by atoms with E-state index in [1.807, 2.05) is 0 Å². The smallest absolute Gasteiger partial charge is 0.161 e. The molecule has 19 heavy (non-hydrogen) atoms. The lowest BCUT2D eigenvalue weighted by molar-refractivity contribution is 0.110. The van der Waals surface area contributed by atoms with Crippen molar-refractivity contribution in [2.24, 2.45) is 0 Å². The van der Waals surface area contributed by atoms with Crippen molar-refractivity contribution in [3.63, 3.8) is 0 Å². The molecule has 1 aliphatic heterocycles. The standard InChI is InChI=1S/C12H10F3N3O/c13-7-3-9(15)11(4-8(7)14)18-10-1-2-19-5-6(10)12(16)17-18/h3-4H,1-2,5H2,(H2,16,17). The summed E-state index contributed by atoms with van der Waals surface area (Å²) in [6.45, 7) is 0.732. The molecule has 0 amide bonds. The zero-order valence-corrected chi connectivity index (χ0v) is 9.79. The zero-order valence-electron chi connectivity index (χ0n) is 9.79. The maximum atomic E-state index is 13.8. The van der Waals surface area contributed by atoms with Crippen LogP contribution in [0, 0.1) is 17.5 Å². The van der Waals surface area contributed by atoms with E-state index in [1.54, 1.807) is 0 Å². The molecule has 1 aromatic heterocycles. The quantitative estimate of drug-likeness (QED) is 0.805. The number of nitrogen functional groups attached to an aromatic ring is 1. The summed E-state index contributed by atoms with van der Waals surface area (Å²) in [5.74, 6) is -3.06. The summed E-state index contributed by atoms with van der Waals surface area (Å²) in [5, 5.41) is 3.98. The second-order valence-electron chi connectivity index (χ2n) is 4.24. The van der Waals surface area contributed by atoms with E-state index < -0.39 is 17.5 Å². The summed E-state index contributed by atoms with van der Waals surface area (Å²) in [4.78, 5) is 0. The molecule has 2 heterocycles. The monoisotopic (exact) mass is 269 g/mol. The molecule has 0 saturated heterocycles. The summed E-state index contributed by atoms with van der Waals surface area (Å²) in [6, 6.07) is 1.26. The Morgan fingerprint density at radius 3 is 2.68 bits per heavy atom. The molecular formula is C12H10F3N3O. The van der Waals surface area contributed by atoms with E-state index in [4.69, 9.17) is 10.5 Å². The van der Waals surface area contributed by atoms with Crippen molar-refractivity contribution in [1.29, 1.82) is 0 Å². The molecule has 2 N–H and O–H groups in total. The van der Waals surface area contributed by atoms with Crippen molar-refractivity contribution in [3.05, 3.63) is 40.8 Å². The first-order valence-electron chi connectivity index (χ1n) is 5.67. The van der Waals surface area contributed by atoms with Gasteiger partial charge >= 0.3 is 0 Å². The zero-order chi connectivity index (χ0) is 13.6. The lowest BCUT2D eigenvalue weighted by Gasteiger charge is -2.15. The molecule has 0 spiro atoms. The Hall–Kier alpha value is -2.02. The van der Waals surface area contributed by atoms with E-state index in [1.165, 1.54) is 4.68 Å². The SMILES string of the molecule is Nc1nn(-c2cc(F)c(F)cc2F)c2c1COCC2. The fourth-order valence-corrected chi connectivity index (χ4v) is 2.13. The predicted molar refractivity (Wildman–Crippen MR) is 61.2 cm³/mol. The normalized spacial score (nSPS) is 14.5. The van der Waals surface area contributed by atoms with Gasteiger partial charge in [0, 0.05) is 24.1 Å². The minimum Gasteiger partial charge on any atom is -0.382 e. The molecule has 0 fully saturated rings. The largest absolute Gasteiger partial charge is 0.382 e. The topological polar surface area (TPSA) is 53.1 Å². The highest BCUT2D eigenvalue weighted by molar-refractivity contribution is 5.48. The third-order valence-corrected chi connectivity index (χ3v) is 3.07. The molecule has 0 aliphatic carbocycles. The average molecular weight is 269 g/mol. The third-order valence-electron chi connectivity index (χ3n) is 3.07. The van der Waals surface area contributed by atoms with Gasteiger partial charge in [-0.1, -0.05) is 0 Å². The minimum absolute atomic E-state index is 0.159. The minimum atomic E-state index is -1.24. The molecule has 100 valence electrons. The van der Waals surface area contributed by atoms with Crippen LogP contribution in [0.5, 0.6) is 0 Å². The molecule has 0 saturated carbocycles. The Morgan fingerprint density at radius 2 is 1.89 bits per heavy atom. The van der Waals surface area contributed by atoms with Gasteiger partial charge in [0.1, 0.15) is 5.69 Å². The molecule has 0 atom stereocenters. The van der Waals surface area contributed by atoms with Gasteiger partial charge in [-0.15, -0.1) is 5.10 Å². The highest BCUT2D eigenvalue weighted by atomic mass is 19.2. The van der Waals surface area contributed by atoms with Gasteiger partial charge in [-0.2, -0.15) is 0 Å². The number of nitrogens with two attached hydrogens (primary N) is 1. The summed E-state index contributed by atoms with van der Waals surface area (Å²) in [6.07, 6.45) is 0.484. The highest BCUT2D eigenvalue weighted by Gasteiger charge is 2.23. The van der Waals surface area contributed by atoms with E-state index in [-0.39, 0.29) is 18.1 Å². The lowest BCUT2D eigenvalue weighted by Crippen LogP contribution is -2.14. The molecular weight excluding hydrogens is 259 g/mol. The number of rotatable bonds is 1. The van der Waals surface area contributed by atoms with Gasteiger partial charge in [0.25, 0.3) is 0 Å². The number of benzene rings is 1. The summed E-state index contributed by atoms with van der Waals surface area (Å²) >= 11 is 0. The fraction of sp³-hybridized carbons (Fsp3) is 0.250. The summed E-state index contributed by atoms with van der Waals surface area (Å²) in [7, 11) is 0. The molecule has 0 radical (unpaired) electrons. The molecule has 7 heteroatoms. The van der Waals surface area contributed by atoms with E-state index in [9.17, 15) is 13.2 Å². The fourth-order valence-electron chi connectivity index (χ4n) is 2.13. The molecule has 2 aromatic rings. The Morgan fingerprint density at radius 1 is 1.16 bits per heavy atom. The maximum Gasteiger partial charge on any atom is 0.161 e. The van der Waals surface area contributed by atoms with Gasteiger partial charge in [-0.25, -0.2) is 17.9 Å². The van der Waals surface area contributed by atoms with Crippen LogP contribution in [0.2, 0.25) is 0 Å². The van der Waals surface area contributed by atoms with E-state index >= 15 is 0 Å². The van der Waals surface area contributed by atoms with Crippen molar-refractivity contribution in [2.45, 2.75) is 13.0 Å². The second kappa shape index (κ2) is 4.27. The van der Waals surface area contributed by atoms with E-state index in [0.29, 0.717) is 30.4 Å². The van der Waals surface area contributed by atoms with Crippen LogP contribution in [0.3, 0.4) is 0 Å². The van der Waals surface area contributed by atoms with E-state index in [0.717, 1.165) is 6.07 Å². The van der Waals surface area contributed by atoms with Crippen LogP contribution in [0.25, 0.3) is 5.69 Å². The van der Waals surface area contributed by atoms with Gasteiger partial charge < -0.3 is 10.5 Å². The van der Waals surface area contributed by atoms with Gasteiger partial charge in [0.15, 0.2) is 23.3 Å². The number of hydrogen-bond acceptors (Lipinski definition) is 3. The molecule has 1 aliphatic rings. The number of nitrogens with zero attached hydrogens (tertiary/aromatic N) is 2. The van der Waals surface area contributed by atoms with Gasteiger partial charge in [-0.3, -0.25) is 0 Å². The first kappa shape index (κ1) is 12.0. The van der Waals surface area contributed by atoms with Crippen LogP contribution in [-0.4, -0.2) is 16.4 Å². The van der Waals surface area contributed by atoms with Crippen LogP contribution < -0.4 is 5.73 Å². The molecule has 3 rings (SSSR count). The lowest BCUT2D eigenvalue weighted by atomic mass is 10.1. The number of ether oxygens (including phenoxy) is 1. The second-order valence-corrected chi connectivity index (χ2v) is 4.24. The maximum absolute atomic E-state index is 13.8. The van der Waals surface area contributed by atoms with Crippen molar-refractivity contribution in [3.8, 4) is 5.69 Å². The van der Waals surface area contributed by atoms with Crippen molar-refractivity contribution in [2.75, 3.05) is 12.3 Å². The number of fused-ring (bicyclic) bond motifs is 1. The Balaban J connectivity index is 2.20. The Kier molecular flexibility index (Phi) is 2.70. The Labute approximate surface area is 106 Å². The van der Waals surface area contributed by atoms with Crippen molar-refractivity contribution < 1.29 is 17.9 Å². The van der Waals surface area contributed by atoms with Crippen LogP contribution >= 0.6 is 0 Å². The third kappa shape index (κ3) is 1.86. The van der Waals surface area contributed by atoms with Gasteiger partial charge in [-0.05, 0) is 0 Å². The number of halogens is 3. The average Bonchev–Trinajstić information content (AvgIpc) is 2.72. The number of aromatic nitrogens is 2. The van der Waals surface area contributed by atoms with Gasteiger partial charge in [0.2, 0.25) is 0 Å².